The van der Waals surface area contributed by atoms with E-state index in [1.165, 1.54) is 32.4 Å². The number of phenols is 1. The van der Waals surface area contributed by atoms with Crippen molar-refractivity contribution in [1.82, 2.24) is 5.43 Å². The van der Waals surface area contributed by atoms with Gasteiger partial charge in [0.2, 0.25) is 0 Å². The highest BCUT2D eigenvalue weighted by Gasteiger charge is 2.30. The molecule has 0 saturated heterocycles. The van der Waals surface area contributed by atoms with Crippen LogP contribution in [0.5, 0.6) is 17.2 Å². The summed E-state index contributed by atoms with van der Waals surface area (Å²) in [4.78, 5) is 12.4. The lowest BCUT2D eigenvalue weighted by molar-refractivity contribution is 0.0954. The molecule has 6 nitrogen and oxygen atoms in total. The number of hydrazone groups is 1. The normalized spacial score (nSPS) is 17.1. The van der Waals surface area contributed by atoms with Gasteiger partial charge in [-0.05, 0) is 42.7 Å². The van der Waals surface area contributed by atoms with E-state index in [-0.39, 0.29) is 17.5 Å². The fourth-order valence-electron chi connectivity index (χ4n) is 3.12. The molecule has 0 aliphatic heterocycles. The average molecular weight is 358 g/mol. The Balaban J connectivity index is 1.86. The van der Waals surface area contributed by atoms with E-state index < -0.39 is 5.91 Å². The Bertz CT molecular complexity index is 895. The van der Waals surface area contributed by atoms with Crippen molar-refractivity contribution in [1.29, 1.82) is 0 Å². The summed E-state index contributed by atoms with van der Waals surface area (Å²) in [6, 6.07) is 7.26. The number of halogens is 1. The van der Waals surface area contributed by atoms with Crippen molar-refractivity contribution in [2.45, 2.75) is 19.3 Å². The number of fused-ring (bicyclic) bond motifs is 1. The summed E-state index contributed by atoms with van der Waals surface area (Å²) in [5.41, 5.74) is 4.01. The monoisotopic (exact) mass is 358 g/mol. The van der Waals surface area contributed by atoms with E-state index in [9.17, 15) is 14.3 Å². The van der Waals surface area contributed by atoms with Gasteiger partial charge in [-0.15, -0.1) is 0 Å². The average Bonchev–Trinajstić information content (AvgIpc) is 2.99. The Kier molecular flexibility index (Phi) is 4.79. The summed E-state index contributed by atoms with van der Waals surface area (Å²) in [5, 5.41) is 14.2. The summed E-state index contributed by atoms with van der Waals surface area (Å²) < 4.78 is 24.4. The molecule has 0 bridgehead atoms. The zero-order valence-corrected chi connectivity index (χ0v) is 14.7. The molecule has 26 heavy (non-hydrogen) atoms. The van der Waals surface area contributed by atoms with Crippen LogP contribution in [0.2, 0.25) is 0 Å². The topological polar surface area (TPSA) is 80.2 Å². The molecule has 0 unspecified atom stereocenters. The summed E-state index contributed by atoms with van der Waals surface area (Å²) in [7, 11) is 2.99. The molecule has 0 aromatic heterocycles. The number of hydrogen-bond donors (Lipinski definition) is 2. The second-order valence-corrected chi connectivity index (χ2v) is 6.03. The lowest BCUT2D eigenvalue weighted by atomic mass is 10.0. The SMILES string of the molecule is COc1ccc(C(=O)N/N=C2\C[C@@H](C)c3c(F)ccc(O)c32)cc1OC. The largest absolute Gasteiger partial charge is 0.507 e. The number of aromatic hydroxyl groups is 1. The number of benzene rings is 2. The van der Waals surface area contributed by atoms with E-state index in [1.807, 2.05) is 6.92 Å². The van der Waals surface area contributed by atoms with Crippen molar-refractivity contribution in [3.05, 3.63) is 52.8 Å². The quantitative estimate of drug-likeness (QED) is 0.823. The summed E-state index contributed by atoms with van der Waals surface area (Å²) in [5.74, 6) is -0.0856. The summed E-state index contributed by atoms with van der Waals surface area (Å²) in [6.45, 7) is 1.85. The minimum absolute atomic E-state index is 0.0511. The first-order valence-electron chi connectivity index (χ1n) is 8.07. The molecule has 0 fully saturated rings. The van der Waals surface area contributed by atoms with Gasteiger partial charge in [-0.1, -0.05) is 6.92 Å². The van der Waals surface area contributed by atoms with Crippen molar-refractivity contribution in [3.8, 4) is 17.2 Å². The van der Waals surface area contributed by atoms with Gasteiger partial charge in [-0.2, -0.15) is 5.10 Å². The first kappa shape index (κ1) is 17.7. The van der Waals surface area contributed by atoms with Crippen LogP contribution in [0.3, 0.4) is 0 Å². The van der Waals surface area contributed by atoms with Crippen molar-refractivity contribution < 1.29 is 23.8 Å². The Morgan fingerprint density at radius 2 is 1.96 bits per heavy atom. The molecule has 1 amide bonds. The third kappa shape index (κ3) is 3.08. The maximum absolute atomic E-state index is 14.0. The number of amides is 1. The number of nitrogens with one attached hydrogen (secondary N) is 1. The fourth-order valence-corrected chi connectivity index (χ4v) is 3.12. The van der Waals surface area contributed by atoms with Gasteiger partial charge < -0.3 is 14.6 Å². The fraction of sp³-hybridized carbons (Fsp3) is 0.263. The van der Waals surface area contributed by atoms with Gasteiger partial charge in [0, 0.05) is 16.7 Å². The van der Waals surface area contributed by atoms with Gasteiger partial charge >= 0.3 is 0 Å². The number of rotatable bonds is 4. The van der Waals surface area contributed by atoms with E-state index in [4.69, 9.17) is 9.47 Å². The number of nitrogens with zero attached hydrogens (tertiary/aromatic N) is 1. The first-order valence-corrected chi connectivity index (χ1v) is 8.07. The van der Waals surface area contributed by atoms with Crippen LogP contribution in [0.4, 0.5) is 4.39 Å². The summed E-state index contributed by atoms with van der Waals surface area (Å²) >= 11 is 0. The number of methoxy groups -OCH3 is 2. The maximum atomic E-state index is 14.0. The molecule has 2 aromatic rings. The van der Waals surface area contributed by atoms with Crippen LogP contribution < -0.4 is 14.9 Å². The number of hydrogen-bond acceptors (Lipinski definition) is 5. The van der Waals surface area contributed by atoms with Gasteiger partial charge in [-0.25, -0.2) is 9.82 Å². The van der Waals surface area contributed by atoms with E-state index >= 15 is 0 Å². The van der Waals surface area contributed by atoms with E-state index in [2.05, 4.69) is 10.5 Å². The van der Waals surface area contributed by atoms with Crippen molar-refractivity contribution in [2.75, 3.05) is 14.2 Å². The Labute approximate surface area is 150 Å². The van der Waals surface area contributed by atoms with Gasteiger partial charge in [-0.3, -0.25) is 4.79 Å². The number of phenolic OH excluding ortho intramolecular Hbond substituents is 1. The summed E-state index contributed by atoms with van der Waals surface area (Å²) in [6.07, 6.45) is 0.427. The van der Waals surface area contributed by atoms with Gasteiger partial charge in [0.1, 0.15) is 11.6 Å². The minimum atomic E-state index is -0.449. The second-order valence-electron chi connectivity index (χ2n) is 6.03. The first-order chi connectivity index (χ1) is 12.5. The van der Waals surface area contributed by atoms with E-state index in [0.717, 1.165) is 0 Å². The zero-order valence-electron chi connectivity index (χ0n) is 14.7. The highest BCUT2D eigenvalue weighted by molar-refractivity contribution is 6.08. The smallest absolute Gasteiger partial charge is 0.271 e. The van der Waals surface area contributed by atoms with Crippen LogP contribution in [0, 0.1) is 5.82 Å². The van der Waals surface area contributed by atoms with Gasteiger partial charge in [0.15, 0.2) is 11.5 Å². The third-order valence-corrected chi connectivity index (χ3v) is 4.39. The predicted octanol–water partition coefficient (Wildman–Crippen LogP) is 3.19. The molecule has 0 spiro atoms. The van der Waals surface area contributed by atoms with Crippen LogP contribution in [0.25, 0.3) is 0 Å². The predicted molar refractivity (Wildman–Crippen MR) is 94.6 cm³/mol. The molecular formula is C19H19FN2O4. The molecule has 0 saturated carbocycles. The van der Waals surface area contributed by atoms with Crippen molar-refractivity contribution in [2.24, 2.45) is 5.10 Å². The van der Waals surface area contributed by atoms with Crippen LogP contribution in [-0.2, 0) is 0 Å². The molecule has 136 valence electrons. The molecule has 7 heteroatoms. The van der Waals surface area contributed by atoms with Crippen molar-refractivity contribution in [3.63, 3.8) is 0 Å². The lowest BCUT2D eigenvalue weighted by Crippen LogP contribution is -2.19. The van der Waals surface area contributed by atoms with Crippen LogP contribution in [0.15, 0.2) is 35.4 Å². The molecule has 0 heterocycles. The lowest BCUT2D eigenvalue weighted by Gasteiger charge is -2.09. The number of carbonyl (C=O) groups is 1. The van der Waals surface area contributed by atoms with Gasteiger partial charge in [0.25, 0.3) is 5.91 Å². The molecule has 1 aliphatic rings. The molecule has 2 aromatic carbocycles. The Morgan fingerprint density at radius 1 is 1.23 bits per heavy atom. The van der Waals surface area contributed by atoms with Crippen LogP contribution in [0.1, 0.15) is 40.7 Å². The standard InChI is InChI=1S/C19H19FN2O4/c1-10-8-13(18-14(23)6-5-12(20)17(10)18)21-22-19(24)11-4-7-15(25-2)16(9-11)26-3/h4-7,9-10,23H,8H2,1-3H3,(H,22,24)/b21-13+/t10-/m1/s1. The molecule has 0 radical (unpaired) electrons. The van der Waals surface area contributed by atoms with Crippen LogP contribution >= 0.6 is 0 Å². The highest BCUT2D eigenvalue weighted by atomic mass is 19.1. The van der Waals surface area contributed by atoms with Crippen LogP contribution in [-0.4, -0.2) is 30.9 Å². The molecule has 1 aliphatic carbocycles. The zero-order chi connectivity index (χ0) is 18.8. The van der Waals surface area contributed by atoms with E-state index in [1.54, 1.807) is 12.1 Å². The Hall–Kier alpha value is -3.09. The molecule has 1 atom stereocenters. The van der Waals surface area contributed by atoms with E-state index in [0.29, 0.717) is 40.3 Å². The van der Waals surface area contributed by atoms with Crippen molar-refractivity contribution >= 4 is 11.6 Å². The van der Waals surface area contributed by atoms with Gasteiger partial charge in [0.05, 0.1) is 19.9 Å². The number of ether oxygens (including phenoxy) is 2. The third-order valence-electron chi connectivity index (χ3n) is 4.39. The molecule has 3 rings (SSSR count). The highest BCUT2D eigenvalue weighted by Crippen LogP contribution is 2.39. The molecular weight excluding hydrogens is 339 g/mol. The number of carbonyl (C=O) groups excluding carboxylic acids is 1. The maximum Gasteiger partial charge on any atom is 0.271 e. The Morgan fingerprint density at radius 3 is 2.65 bits per heavy atom. The molecule has 2 N–H and O–H groups in total. The minimum Gasteiger partial charge on any atom is -0.507 e. The second kappa shape index (κ2) is 7.03.